The van der Waals surface area contributed by atoms with Gasteiger partial charge in [-0.05, 0) is 32.7 Å². The molecule has 1 aromatic rings. The molecule has 1 aliphatic heterocycles. The lowest BCUT2D eigenvalue weighted by Gasteiger charge is -2.30. The highest BCUT2D eigenvalue weighted by Gasteiger charge is 2.26. The van der Waals surface area contributed by atoms with E-state index in [1.54, 1.807) is 0 Å². The molecule has 2 atom stereocenters. The Morgan fingerprint density at radius 2 is 2.44 bits per heavy atom. The van der Waals surface area contributed by atoms with E-state index >= 15 is 0 Å². The van der Waals surface area contributed by atoms with Gasteiger partial charge in [-0.3, -0.25) is 0 Å². The summed E-state index contributed by atoms with van der Waals surface area (Å²) in [5.74, 6) is 0.561. The van der Waals surface area contributed by atoms with Crippen LogP contribution in [0, 0.1) is 5.92 Å². The Balaban J connectivity index is 2.07. The summed E-state index contributed by atoms with van der Waals surface area (Å²) < 4.78 is 7.76. The van der Waals surface area contributed by atoms with Crippen LogP contribution in [-0.4, -0.2) is 29.3 Å². The van der Waals surface area contributed by atoms with Gasteiger partial charge in [0.05, 0.1) is 24.7 Å². The van der Waals surface area contributed by atoms with Crippen molar-refractivity contribution in [2.45, 2.75) is 45.7 Å². The van der Waals surface area contributed by atoms with Crippen molar-refractivity contribution in [2.24, 2.45) is 5.92 Å². The smallest absolute Gasteiger partial charge is 0.0950 e. The topological polar surface area (TPSA) is 39.1 Å². The fourth-order valence-electron chi connectivity index (χ4n) is 2.55. The standard InChI is InChI=1S/C14H25N3O/c1-3-7-15-14(12-6-5-8-18-10-12)13-9-17(4-2)11-16-13/h9,11-12,14-15H,3-8,10H2,1-2H3. The minimum atomic E-state index is 0.345. The SMILES string of the molecule is CCCNC(c1cn(CC)cn1)C1CCCOC1. The van der Waals surface area contributed by atoms with Crippen LogP contribution in [0.1, 0.15) is 44.8 Å². The number of aromatic nitrogens is 2. The van der Waals surface area contributed by atoms with Crippen molar-refractivity contribution in [1.82, 2.24) is 14.9 Å². The van der Waals surface area contributed by atoms with E-state index in [-0.39, 0.29) is 0 Å². The number of nitrogens with zero attached hydrogens (tertiary/aromatic N) is 2. The Kier molecular flexibility index (Phi) is 5.20. The van der Waals surface area contributed by atoms with Gasteiger partial charge in [0.2, 0.25) is 0 Å². The fraction of sp³-hybridized carbons (Fsp3) is 0.786. The molecule has 1 aliphatic rings. The van der Waals surface area contributed by atoms with Gasteiger partial charge >= 0.3 is 0 Å². The molecule has 0 saturated carbocycles. The average Bonchev–Trinajstić information content (AvgIpc) is 2.89. The van der Waals surface area contributed by atoms with E-state index in [9.17, 15) is 0 Å². The normalized spacial score (nSPS) is 22.0. The molecule has 0 bridgehead atoms. The van der Waals surface area contributed by atoms with E-state index in [1.807, 2.05) is 6.33 Å². The number of hydrogen-bond acceptors (Lipinski definition) is 3. The van der Waals surface area contributed by atoms with E-state index in [2.05, 4.69) is 34.9 Å². The van der Waals surface area contributed by atoms with Crippen LogP contribution in [-0.2, 0) is 11.3 Å². The molecule has 1 saturated heterocycles. The van der Waals surface area contributed by atoms with E-state index in [4.69, 9.17) is 4.74 Å². The number of rotatable bonds is 6. The monoisotopic (exact) mass is 251 g/mol. The van der Waals surface area contributed by atoms with E-state index in [0.29, 0.717) is 12.0 Å². The van der Waals surface area contributed by atoms with Crippen molar-refractivity contribution in [2.75, 3.05) is 19.8 Å². The van der Waals surface area contributed by atoms with E-state index in [1.165, 1.54) is 18.5 Å². The first-order chi connectivity index (χ1) is 8.85. The lowest BCUT2D eigenvalue weighted by Crippen LogP contribution is -2.34. The van der Waals surface area contributed by atoms with Gasteiger partial charge < -0.3 is 14.6 Å². The first-order valence-corrected chi connectivity index (χ1v) is 7.18. The largest absolute Gasteiger partial charge is 0.381 e. The molecule has 4 nitrogen and oxygen atoms in total. The molecular formula is C14H25N3O. The molecule has 1 fully saturated rings. The Morgan fingerprint density at radius 1 is 1.56 bits per heavy atom. The second-order valence-corrected chi connectivity index (χ2v) is 5.04. The maximum atomic E-state index is 5.62. The summed E-state index contributed by atoms with van der Waals surface area (Å²) in [5.41, 5.74) is 1.17. The predicted molar refractivity (Wildman–Crippen MR) is 72.5 cm³/mol. The summed E-state index contributed by atoms with van der Waals surface area (Å²) in [4.78, 5) is 4.56. The lowest BCUT2D eigenvalue weighted by atomic mass is 9.91. The number of imidazole rings is 1. The average molecular weight is 251 g/mol. The van der Waals surface area contributed by atoms with Crippen LogP contribution in [0.15, 0.2) is 12.5 Å². The Morgan fingerprint density at radius 3 is 3.06 bits per heavy atom. The quantitative estimate of drug-likeness (QED) is 0.843. The molecule has 4 heteroatoms. The second kappa shape index (κ2) is 6.90. The Hall–Kier alpha value is -0.870. The molecular weight excluding hydrogens is 226 g/mol. The zero-order chi connectivity index (χ0) is 12.8. The summed E-state index contributed by atoms with van der Waals surface area (Å²) in [6.45, 7) is 8.14. The summed E-state index contributed by atoms with van der Waals surface area (Å²) >= 11 is 0. The Bertz CT molecular complexity index is 345. The molecule has 0 amide bonds. The van der Waals surface area contributed by atoms with Crippen LogP contribution < -0.4 is 5.32 Å². The molecule has 2 rings (SSSR count). The fourth-order valence-corrected chi connectivity index (χ4v) is 2.55. The van der Waals surface area contributed by atoms with Gasteiger partial charge in [-0.15, -0.1) is 0 Å². The third-order valence-corrected chi connectivity index (χ3v) is 3.62. The van der Waals surface area contributed by atoms with Gasteiger partial charge in [0.25, 0.3) is 0 Å². The highest BCUT2D eigenvalue weighted by Crippen LogP contribution is 2.27. The van der Waals surface area contributed by atoms with Crippen LogP contribution >= 0.6 is 0 Å². The van der Waals surface area contributed by atoms with Gasteiger partial charge in [0.15, 0.2) is 0 Å². The van der Waals surface area contributed by atoms with Gasteiger partial charge in [-0.2, -0.15) is 0 Å². The minimum Gasteiger partial charge on any atom is -0.381 e. The Labute approximate surface area is 110 Å². The summed E-state index contributed by atoms with van der Waals surface area (Å²) in [6, 6.07) is 0.345. The van der Waals surface area contributed by atoms with Gasteiger partial charge in [0.1, 0.15) is 0 Å². The molecule has 102 valence electrons. The number of hydrogen-bond donors (Lipinski definition) is 1. The molecule has 1 N–H and O–H groups in total. The molecule has 2 heterocycles. The predicted octanol–water partition coefficient (Wildman–Crippen LogP) is 2.37. The highest BCUT2D eigenvalue weighted by molar-refractivity contribution is 5.06. The first-order valence-electron chi connectivity index (χ1n) is 7.18. The second-order valence-electron chi connectivity index (χ2n) is 5.04. The minimum absolute atomic E-state index is 0.345. The van der Waals surface area contributed by atoms with Crippen molar-refractivity contribution in [1.29, 1.82) is 0 Å². The molecule has 1 aromatic heterocycles. The molecule has 0 aromatic carbocycles. The van der Waals surface area contributed by atoms with Crippen molar-refractivity contribution < 1.29 is 4.74 Å². The maximum absolute atomic E-state index is 5.62. The zero-order valence-corrected chi connectivity index (χ0v) is 11.6. The first kappa shape index (κ1) is 13.6. The maximum Gasteiger partial charge on any atom is 0.0950 e. The molecule has 0 aliphatic carbocycles. The van der Waals surface area contributed by atoms with Gasteiger partial charge in [-0.25, -0.2) is 4.98 Å². The third kappa shape index (κ3) is 3.33. The third-order valence-electron chi connectivity index (χ3n) is 3.62. The molecule has 18 heavy (non-hydrogen) atoms. The van der Waals surface area contributed by atoms with Crippen molar-refractivity contribution >= 4 is 0 Å². The number of ether oxygens (including phenoxy) is 1. The van der Waals surface area contributed by atoms with E-state index in [0.717, 1.165) is 32.7 Å². The molecule has 0 spiro atoms. The zero-order valence-electron chi connectivity index (χ0n) is 11.6. The lowest BCUT2D eigenvalue weighted by molar-refractivity contribution is 0.0384. The summed E-state index contributed by atoms with van der Waals surface area (Å²) in [7, 11) is 0. The van der Waals surface area contributed by atoms with Crippen LogP contribution in [0.25, 0.3) is 0 Å². The number of aryl methyl sites for hydroxylation is 1. The molecule has 2 unspecified atom stereocenters. The van der Waals surface area contributed by atoms with Crippen LogP contribution in [0.2, 0.25) is 0 Å². The van der Waals surface area contributed by atoms with Crippen molar-refractivity contribution in [3.05, 3.63) is 18.2 Å². The van der Waals surface area contributed by atoms with Crippen molar-refractivity contribution in [3.63, 3.8) is 0 Å². The highest BCUT2D eigenvalue weighted by atomic mass is 16.5. The van der Waals surface area contributed by atoms with Crippen molar-refractivity contribution in [3.8, 4) is 0 Å². The van der Waals surface area contributed by atoms with Crippen LogP contribution in [0.4, 0.5) is 0 Å². The summed E-state index contributed by atoms with van der Waals surface area (Å²) in [5, 5.41) is 3.64. The van der Waals surface area contributed by atoms with Gasteiger partial charge in [-0.1, -0.05) is 6.92 Å². The van der Waals surface area contributed by atoms with Crippen LogP contribution in [0.3, 0.4) is 0 Å². The van der Waals surface area contributed by atoms with E-state index < -0.39 is 0 Å². The summed E-state index contributed by atoms with van der Waals surface area (Å²) in [6.07, 6.45) is 7.66. The van der Waals surface area contributed by atoms with Crippen LogP contribution in [0.5, 0.6) is 0 Å². The van der Waals surface area contributed by atoms with Gasteiger partial charge in [0, 0.05) is 25.3 Å². The molecule has 0 radical (unpaired) electrons. The number of nitrogens with one attached hydrogen (secondary N) is 1.